The Hall–Kier alpha value is -2.40. The Kier molecular flexibility index (Phi) is 3.14. The smallest absolute Gasteiger partial charge is 0.337 e. The summed E-state index contributed by atoms with van der Waals surface area (Å²) in [6.07, 6.45) is 0. The number of fused-ring (bicyclic) bond motifs is 1. The average Bonchev–Trinajstić information content (AvgIpc) is 2.41. The molecule has 21 heavy (non-hydrogen) atoms. The lowest BCUT2D eigenvalue weighted by molar-refractivity contribution is -0.130. The van der Waals surface area contributed by atoms with Gasteiger partial charge in [0.15, 0.2) is 5.78 Å². The van der Waals surface area contributed by atoms with Crippen LogP contribution in [0.3, 0.4) is 0 Å². The molecule has 4 nitrogen and oxygen atoms in total. The van der Waals surface area contributed by atoms with Crippen LogP contribution >= 0.6 is 15.9 Å². The Bertz CT molecular complexity index is 821. The molecule has 1 aliphatic carbocycles. The molecule has 0 aliphatic heterocycles. The van der Waals surface area contributed by atoms with Crippen LogP contribution in [0.5, 0.6) is 5.75 Å². The van der Waals surface area contributed by atoms with Crippen LogP contribution in [-0.2, 0) is 4.79 Å². The maximum atomic E-state index is 12.6. The van der Waals surface area contributed by atoms with Gasteiger partial charge >= 0.3 is 5.97 Å². The predicted octanol–water partition coefficient (Wildman–Crippen LogP) is 3.35. The number of carboxylic acid groups (broad SMARTS) is 1. The van der Waals surface area contributed by atoms with Crippen LogP contribution in [0, 0.1) is 0 Å². The number of phenols is 1. The van der Waals surface area contributed by atoms with Crippen molar-refractivity contribution < 1.29 is 19.8 Å². The number of carboxylic acids is 1. The number of benzene rings is 2. The lowest BCUT2D eigenvalue weighted by Gasteiger charge is -2.24. The molecule has 5 heteroatoms. The summed E-state index contributed by atoms with van der Waals surface area (Å²) in [7, 11) is 0. The number of hydrogen-bond acceptors (Lipinski definition) is 3. The molecule has 0 amide bonds. The number of carbonyl (C=O) groups is 2. The number of rotatable bonds is 3. The molecule has 0 saturated heterocycles. The molecule has 0 fully saturated rings. The molecule has 0 heterocycles. The second-order valence-electron chi connectivity index (χ2n) is 4.59. The van der Waals surface area contributed by atoms with Crippen LogP contribution in [0.2, 0.25) is 0 Å². The zero-order valence-corrected chi connectivity index (χ0v) is 12.2. The Morgan fingerprint density at radius 1 is 0.952 bits per heavy atom. The maximum Gasteiger partial charge on any atom is 0.337 e. The fraction of sp³-hybridized carbons (Fsp3) is 0. The molecular formula is C16H9BrO4. The first-order valence-corrected chi connectivity index (χ1v) is 6.90. The monoisotopic (exact) mass is 344 g/mol. The molecule has 1 aliphatic rings. The van der Waals surface area contributed by atoms with Crippen molar-refractivity contribution in [2.24, 2.45) is 0 Å². The fourth-order valence-corrected chi connectivity index (χ4v) is 2.87. The van der Waals surface area contributed by atoms with Gasteiger partial charge in [-0.1, -0.05) is 28.1 Å². The Morgan fingerprint density at radius 3 is 2.33 bits per heavy atom. The number of allylic oxidation sites excluding steroid dienone is 1. The maximum absolute atomic E-state index is 12.6. The summed E-state index contributed by atoms with van der Waals surface area (Å²) < 4.78 is 0.611. The number of phenolic OH excluding ortho intramolecular Hbond substituents is 1. The SMILES string of the molecule is O=C(O)C1=C(C(=O)c2ccccc2Br)c2ccc(O)cc21. The van der Waals surface area contributed by atoms with Gasteiger partial charge in [-0.25, -0.2) is 4.79 Å². The minimum absolute atomic E-state index is 0.0279. The van der Waals surface area contributed by atoms with Crippen molar-refractivity contribution in [3.05, 3.63) is 63.6 Å². The second kappa shape index (κ2) is 4.86. The fourth-order valence-electron chi connectivity index (χ4n) is 2.40. The van der Waals surface area contributed by atoms with E-state index < -0.39 is 5.97 Å². The number of halogens is 1. The number of hydrogen-bond donors (Lipinski definition) is 2. The standard InChI is InChI=1S/C16H9BrO4/c17-12-4-2-1-3-10(12)15(19)13-9-6-5-8(18)7-11(9)14(13)16(20)21/h1-7,18H,(H,20,21). The highest BCUT2D eigenvalue weighted by molar-refractivity contribution is 9.10. The molecule has 104 valence electrons. The van der Waals surface area contributed by atoms with Gasteiger partial charge in [0.05, 0.1) is 5.57 Å². The summed E-state index contributed by atoms with van der Waals surface area (Å²) in [6.45, 7) is 0. The van der Waals surface area contributed by atoms with Crippen LogP contribution in [0.4, 0.5) is 0 Å². The van der Waals surface area contributed by atoms with Crippen molar-refractivity contribution in [1.82, 2.24) is 0 Å². The molecule has 2 N–H and O–H groups in total. The Balaban J connectivity index is 2.15. The minimum Gasteiger partial charge on any atom is -0.508 e. The number of aromatic hydroxyl groups is 1. The van der Waals surface area contributed by atoms with Crippen molar-refractivity contribution in [1.29, 1.82) is 0 Å². The molecule has 0 atom stereocenters. The highest BCUT2D eigenvalue weighted by Crippen LogP contribution is 2.44. The Morgan fingerprint density at radius 2 is 1.67 bits per heavy atom. The van der Waals surface area contributed by atoms with E-state index in [0.29, 0.717) is 21.2 Å². The van der Waals surface area contributed by atoms with Gasteiger partial charge < -0.3 is 10.2 Å². The van der Waals surface area contributed by atoms with Crippen LogP contribution in [0.1, 0.15) is 21.5 Å². The third-order valence-electron chi connectivity index (χ3n) is 3.35. The van der Waals surface area contributed by atoms with Gasteiger partial charge in [0.25, 0.3) is 0 Å². The highest BCUT2D eigenvalue weighted by atomic mass is 79.9. The molecule has 0 radical (unpaired) electrons. The van der Waals surface area contributed by atoms with E-state index in [9.17, 15) is 19.8 Å². The quantitative estimate of drug-likeness (QED) is 0.837. The van der Waals surface area contributed by atoms with Crippen molar-refractivity contribution >= 4 is 38.8 Å². The molecule has 0 unspecified atom stereocenters. The largest absolute Gasteiger partial charge is 0.508 e. The Labute approximate surface area is 128 Å². The summed E-state index contributed by atoms with van der Waals surface area (Å²) in [4.78, 5) is 24.0. The molecular weight excluding hydrogens is 336 g/mol. The van der Waals surface area contributed by atoms with E-state index in [2.05, 4.69) is 15.9 Å². The molecule has 0 saturated carbocycles. The van der Waals surface area contributed by atoms with E-state index in [4.69, 9.17) is 0 Å². The van der Waals surface area contributed by atoms with Crippen molar-refractivity contribution in [2.75, 3.05) is 0 Å². The zero-order valence-electron chi connectivity index (χ0n) is 10.6. The summed E-state index contributed by atoms with van der Waals surface area (Å²) in [5.41, 5.74) is 1.46. The van der Waals surface area contributed by atoms with E-state index in [1.54, 1.807) is 30.3 Å². The van der Waals surface area contributed by atoms with Crippen LogP contribution in [0.25, 0.3) is 11.1 Å². The highest BCUT2D eigenvalue weighted by Gasteiger charge is 2.36. The van der Waals surface area contributed by atoms with E-state index in [0.717, 1.165) is 0 Å². The molecule has 0 bridgehead atoms. The van der Waals surface area contributed by atoms with Crippen molar-refractivity contribution in [3.63, 3.8) is 0 Å². The van der Waals surface area contributed by atoms with Gasteiger partial charge in [0.1, 0.15) is 5.75 Å². The molecule has 0 spiro atoms. The van der Waals surface area contributed by atoms with E-state index in [1.165, 1.54) is 12.1 Å². The first-order chi connectivity index (χ1) is 10.0. The summed E-state index contributed by atoms with van der Waals surface area (Å²) >= 11 is 3.30. The van der Waals surface area contributed by atoms with Gasteiger partial charge in [-0.2, -0.15) is 0 Å². The normalized spacial score (nSPS) is 12.6. The van der Waals surface area contributed by atoms with Gasteiger partial charge in [-0.05, 0) is 35.9 Å². The van der Waals surface area contributed by atoms with E-state index in [1.807, 2.05) is 0 Å². The summed E-state index contributed by atoms with van der Waals surface area (Å²) in [6, 6.07) is 11.2. The first kappa shape index (κ1) is 13.6. The van der Waals surface area contributed by atoms with Gasteiger partial charge in [0, 0.05) is 21.2 Å². The number of Topliss-reactive ketones (excluding diaryl/α,β-unsaturated/α-hetero) is 1. The van der Waals surface area contributed by atoms with Gasteiger partial charge in [-0.15, -0.1) is 0 Å². The molecule has 0 aromatic heterocycles. The number of carbonyl (C=O) groups excluding carboxylic acids is 1. The topological polar surface area (TPSA) is 74.6 Å². The zero-order chi connectivity index (χ0) is 15.1. The van der Waals surface area contributed by atoms with Crippen molar-refractivity contribution in [2.45, 2.75) is 0 Å². The predicted molar refractivity (Wildman–Crippen MR) is 81.0 cm³/mol. The average molecular weight is 345 g/mol. The second-order valence-corrected chi connectivity index (χ2v) is 5.45. The summed E-state index contributed by atoms with van der Waals surface area (Å²) in [5.74, 6) is -1.55. The lowest BCUT2D eigenvalue weighted by atomic mass is 9.77. The van der Waals surface area contributed by atoms with Crippen LogP contribution in [-0.4, -0.2) is 22.0 Å². The molecule has 3 rings (SSSR count). The van der Waals surface area contributed by atoms with Crippen LogP contribution in [0.15, 0.2) is 46.9 Å². The number of aliphatic carboxylic acids is 1. The van der Waals surface area contributed by atoms with Gasteiger partial charge in [0.2, 0.25) is 0 Å². The lowest BCUT2D eigenvalue weighted by Crippen LogP contribution is -2.20. The molecule has 2 aromatic carbocycles. The minimum atomic E-state index is -1.18. The third-order valence-corrected chi connectivity index (χ3v) is 4.04. The van der Waals surface area contributed by atoms with Crippen LogP contribution < -0.4 is 0 Å². The van der Waals surface area contributed by atoms with Crippen molar-refractivity contribution in [3.8, 4) is 5.75 Å². The molecule has 2 aromatic rings. The third kappa shape index (κ3) is 2.06. The first-order valence-electron chi connectivity index (χ1n) is 6.11. The van der Waals surface area contributed by atoms with E-state index in [-0.39, 0.29) is 22.7 Å². The number of ketones is 1. The van der Waals surface area contributed by atoms with Gasteiger partial charge in [-0.3, -0.25) is 4.79 Å². The van der Waals surface area contributed by atoms with E-state index >= 15 is 0 Å². The summed E-state index contributed by atoms with van der Waals surface area (Å²) in [5, 5.41) is 18.8.